The smallest absolute Gasteiger partial charge is 0.310 e. The van der Waals surface area contributed by atoms with E-state index in [0.29, 0.717) is 0 Å². The molecule has 0 bridgehead atoms. The second-order valence-electron chi connectivity index (χ2n) is 3.93. The van der Waals surface area contributed by atoms with Gasteiger partial charge in [0.25, 0.3) is 5.91 Å². The summed E-state index contributed by atoms with van der Waals surface area (Å²) in [5.74, 6) is -0.484. The van der Waals surface area contributed by atoms with Crippen LogP contribution < -0.4 is 10.2 Å². The standard InChI is InChI=1S/C13H12N4O4/c18-13(16-15-8-10-4-3-7-14-10)9-21-12-6-2-1-5-11(12)17(19)20/h1-8,14H,9H2,(H,16,18)/b15-8-. The number of aromatic amines is 1. The van der Waals surface area contributed by atoms with Crippen LogP contribution in [0, 0.1) is 10.1 Å². The molecule has 1 aromatic carbocycles. The lowest BCUT2D eigenvalue weighted by molar-refractivity contribution is -0.385. The molecule has 1 heterocycles. The number of nitro groups is 1. The first-order chi connectivity index (χ1) is 10.2. The maximum Gasteiger partial charge on any atom is 0.310 e. The summed E-state index contributed by atoms with van der Waals surface area (Å²) in [5.41, 5.74) is 2.79. The number of benzene rings is 1. The van der Waals surface area contributed by atoms with E-state index in [1.807, 2.05) is 0 Å². The van der Waals surface area contributed by atoms with Gasteiger partial charge in [-0.3, -0.25) is 14.9 Å². The monoisotopic (exact) mass is 288 g/mol. The molecule has 0 saturated heterocycles. The Morgan fingerprint density at radius 3 is 2.90 bits per heavy atom. The molecule has 21 heavy (non-hydrogen) atoms. The van der Waals surface area contributed by atoms with Crippen molar-refractivity contribution in [3.63, 3.8) is 0 Å². The van der Waals surface area contributed by atoms with E-state index in [1.165, 1.54) is 24.4 Å². The van der Waals surface area contributed by atoms with Gasteiger partial charge in [0.05, 0.1) is 16.8 Å². The van der Waals surface area contributed by atoms with Crippen molar-refractivity contribution >= 4 is 17.8 Å². The number of rotatable bonds is 6. The van der Waals surface area contributed by atoms with Crippen LogP contribution in [0.3, 0.4) is 0 Å². The van der Waals surface area contributed by atoms with Gasteiger partial charge in [0, 0.05) is 12.3 Å². The van der Waals surface area contributed by atoms with Crippen molar-refractivity contribution in [3.8, 4) is 5.75 Å². The molecule has 8 nitrogen and oxygen atoms in total. The van der Waals surface area contributed by atoms with Crippen LogP contribution in [0.5, 0.6) is 5.75 Å². The van der Waals surface area contributed by atoms with Crippen LogP contribution in [0.1, 0.15) is 5.69 Å². The summed E-state index contributed by atoms with van der Waals surface area (Å²) < 4.78 is 5.11. The highest BCUT2D eigenvalue weighted by atomic mass is 16.6. The molecule has 1 amide bonds. The molecule has 2 N–H and O–H groups in total. The highest BCUT2D eigenvalue weighted by Crippen LogP contribution is 2.25. The molecule has 0 radical (unpaired) electrons. The summed E-state index contributed by atoms with van der Waals surface area (Å²) in [4.78, 5) is 24.6. The SMILES string of the molecule is O=C(COc1ccccc1[N+](=O)[O-])N/N=C\c1ccc[nH]1. The normalized spacial score (nSPS) is 10.5. The van der Waals surface area contributed by atoms with Crippen LogP contribution in [0.25, 0.3) is 0 Å². The molecule has 0 aliphatic carbocycles. The summed E-state index contributed by atoms with van der Waals surface area (Å²) in [7, 11) is 0. The number of nitrogens with one attached hydrogen (secondary N) is 2. The average Bonchev–Trinajstić information content (AvgIpc) is 2.98. The zero-order chi connectivity index (χ0) is 15.1. The summed E-state index contributed by atoms with van der Waals surface area (Å²) in [6.07, 6.45) is 3.16. The third-order valence-corrected chi connectivity index (χ3v) is 2.44. The zero-order valence-electron chi connectivity index (χ0n) is 10.9. The fraction of sp³-hybridized carbons (Fsp3) is 0.0769. The predicted molar refractivity (Wildman–Crippen MR) is 75.1 cm³/mol. The number of ether oxygens (including phenoxy) is 1. The van der Waals surface area contributed by atoms with Crippen molar-refractivity contribution in [2.75, 3.05) is 6.61 Å². The van der Waals surface area contributed by atoms with Crippen molar-refractivity contribution in [2.45, 2.75) is 0 Å². The van der Waals surface area contributed by atoms with Gasteiger partial charge >= 0.3 is 5.69 Å². The van der Waals surface area contributed by atoms with Gasteiger partial charge in [-0.1, -0.05) is 12.1 Å². The van der Waals surface area contributed by atoms with Gasteiger partial charge in [0.15, 0.2) is 12.4 Å². The molecule has 2 aromatic rings. The van der Waals surface area contributed by atoms with Crippen LogP contribution in [0.15, 0.2) is 47.7 Å². The lowest BCUT2D eigenvalue weighted by atomic mass is 10.3. The van der Waals surface area contributed by atoms with E-state index in [0.717, 1.165) is 5.69 Å². The minimum absolute atomic E-state index is 0.0333. The van der Waals surface area contributed by atoms with Crippen LogP contribution >= 0.6 is 0 Å². The van der Waals surface area contributed by atoms with Crippen LogP contribution in [-0.4, -0.2) is 28.6 Å². The minimum atomic E-state index is -0.573. The van der Waals surface area contributed by atoms with E-state index in [2.05, 4.69) is 15.5 Å². The number of nitro benzene ring substituents is 1. The molecule has 2 rings (SSSR count). The first kappa shape index (κ1) is 14.3. The number of H-pyrrole nitrogens is 1. The lowest BCUT2D eigenvalue weighted by Gasteiger charge is -2.05. The predicted octanol–water partition coefficient (Wildman–Crippen LogP) is 1.45. The highest BCUT2D eigenvalue weighted by Gasteiger charge is 2.14. The molecule has 8 heteroatoms. The number of hydrogen-bond donors (Lipinski definition) is 2. The molecule has 0 aliphatic heterocycles. The number of carbonyl (C=O) groups excluding carboxylic acids is 1. The second-order valence-corrected chi connectivity index (χ2v) is 3.93. The highest BCUT2D eigenvalue weighted by molar-refractivity contribution is 5.81. The fourth-order valence-electron chi connectivity index (χ4n) is 1.50. The average molecular weight is 288 g/mol. The Morgan fingerprint density at radius 2 is 2.19 bits per heavy atom. The van der Waals surface area contributed by atoms with Crippen molar-refractivity contribution < 1.29 is 14.5 Å². The maximum atomic E-state index is 11.5. The van der Waals surface area contributed by atoms with Gasteiger partial charge in [-0.25, -0.2) is 5.43 Å². The molecule has 1 aromatic heterocycles. The topological polar surface area (TPSA) is 110 Å². The number of aromatic nitrogens is 1. The van der Waals surface area contributed by atoms with Gasteiger partial charge in [0.2, 0.25) is 0 Å². The molecule has 0 saturated carbocycles. The van der Waals surface area contributed by atoms with Crippen LogP contribution in [-0.2, 0) is 4.79 Å². The van der Waals surface area contributed by atoms with E-state index in [4.69, 9.17) is 4.74 Å². The first-order valence-electron chi connectivity index (χ1n) is 5.98. The van der Waals surface area contributed by atoms with Crippen molar-refractivity contribution in [1.82, 2.24) is 10.4 Å². The molecule has 108 valence electrons. The second kappa shape index (κ2) is 6.85. The lowest BCUT2D eigenvalue weighted by Crippen LogP contribution is -2.24. The van der Waals surface area contributed by atoms with Gasteiger partial charge < -0.3 is 9.72 Å². The molecule has 0 unspecified atom stereocenters. The Balaban J connectivity index is 1.85. The number of carbonyl (C=O) groups is 1. The minimum Gasteiger partial charge on any atom is -0.477 e. The first-order valence-corrected chi connectivity index (χ1v) is 5.98. The third-order valence-electron chi connectivity index (χ3n) is 2.44. The molecule has 0 aliphatic rings. The quantitative estimate of drug-likeness (QED) is 0.476. The van der Waals surface area contributed by atoms with Crippen LogP contribution in [0.2, 0.25) is 0 Å². The molecule has 0 atom stereocenters. The number of nitrogens with zero attached hydrogens (tertiary/aromatic N) is 2. The number of amides is 1. The van der Waals surface area contributed by atoms with Gasteiger partial charge in [-0.15, -0.1) is 0 Å². The number of para-hydroxylation sites is 2. The van der Waals surface area contributed by atoms with E-state index < -0.39 is 10.8 Å². The van der Waals surface area contributed by atoms with Crippen molar-refractivity contribution in [2.24, 2.45) is 5.10 Å². The van der Waals surface area contributed by atoms with E-state index in [9.17, 15) is 14.9 Å². The number of hydrazone groups is 1. The Kier molecular flexibility index (Phi) is 4.65. The van der Waals surface area contributed by atoms with Crippen molar-refractivity contribution in [3.05, 3.63) is 58.4 Å². The number of hydrogen-bond acceptors (Lipinski definition) is 5. The van der Waals surface area contributed by atoms with E-state index in [-0.39, 0.29) is 18.0 Å². The summed E-state index contributed by atoms with van der Waals surface area (Å²) in [6, 6.07) is 9.40. The Labute approximate surface area is 119 Å². The van der Waals surface area contributed by atoms with Crippen molar-refractivity contribution in [1.29, 1.82) is 0 Å². The summed E-state index contributed by atoms with van der Waals surface area (Å²) >= 11 is 0. The summed E-state index contributed by atoms with van der Waals surface area (Å²) in [5, 5.41) is 14.5. The largest absolute Gasteiger partial charge is 0.477 e. The molecular weight excluding hydrogens is 276 g/mol. The molecule has 0 fully saturated rings. The third kappa shape index (κ3) is 4.16. The van der Waals surface area contributed by atoms with Gasteiger partial charge in [0.1, 0.15) is 0 Å². The van der Waals surface area contributed by atoms with E-state index in [1.54, 1.807) is 24.4 Å². The Hall–Kier alpha value is -3.16. The van der Waals surface area contributed by atoms with E-state index >= 15 is 0 Å². The summed E-state index contributed by atoms with van der Waals surface area (Å²) in [6.45, 7) is -0.368. The zero-order valence-corrected chi connectivity index (χ0v) is 10.9. The van der Waals surface area contributed by atoms with Crippen LogP contribution in [0.4, 0.5) is 5.69 Å². The fourth-order valence-corrected chi connectivity index (χ4v) is 1.50. The molecular formula is C13H12N4O4. The Morgan fingerprint density at radius 1 is 1.38 bits per heavy atom. The molecule has 0 spiro atoms. The Bertz CT molecular complexity index is 652. The van der Waals surface area contributed by atoms with Gasteiger partial charge in [-0.2, -0.15) is 5.10 Å². The van der Waals surface area contributed by atoms with Gasteiger partial charge in [-0.05, 0) is 18.2 Å². The maximum absolute atomic E-state index is 11.5.